The normalized spacial score (nSPS) is 30.4. The predicted molar refractivity (Wildman–Crippen MR) is 56.6 cm³/mol. The first kappa shape index (κ1) is 11.0. The Balaban J connectivity index is 2.14. The van der Waals surface area contributed by atoms with Gasteiger partial charge in [-0.2, -0.15) is 10.1 Å². The van der Waals surface area contributed by atoms with Crippen molar-refractivity contribution in [2.45, 2.75) is 25.1 Å². The third-order valence-corrected chi connectivity index (χ3v) is 2.79. The molecule has 1 fully saturated rings. The predicted octanol–water partition coefficient (Wildman–Crippen LogP) is -0.247. The van der Waals surface area contributed by atoms with E-state index in [9.17, 15) is 9.50 Å². The van der Waals surface area contributed by atoms with Crippen LogP contribution in [0.25, 0.3) is 0 Å². The number of hydrogen-bond acceptors (Lipinski definition) is 6. The van der Waals surface area contributed by atoms with Gasteiger partial charge in [-0.3, -0.25) is 0 Å². The summed E-state index contributed by atoms with van der Waals surface area (Å²) in [6.45, 7) is 2.03. The molecule has 16 heavy (non-hydrogen) atoms. The molecule has 2 rings (SSSR count). The van der Waals surface area contributed by atoms with E-state index in [0.29, 0.717) is 18.9 Å². The molecule has 2 atom stereocenters. The van der Waals surface area contributed by atoms with E-state index in [-0.39, 0.29) is 12.4 Å². The van der Waals surface area contributed by atoms with Crippen molar-refractivity contribution in [2.24, 2.45) is 0 Å². The van der Waals surface area contributed by atoms with Gasteiger partial charge in [0.15, 0.2) is 0 Å². The summed E-state index contributed by atoms with van der Waals surface area (Å²) in [6, 6.07) is 0. The molecule has 0 bridgehead atoms. The average Bonchev–Trinajstić information content (AvgIpc) is 2.22. The van der Waals surface area contributed by atoms with Gasteiger partial charge in [0.2, 0.25) is 5.95 Å². The van der Waals surface area contributed by atoms with Crippen molar-refractivity contribution in [3.05, 3.63) is 6.20 Å². The number of alkyl halides is 1. The topological polar surface area (TPSA) is 88.2 Å². The second kappa shape index (κ2) is 3.82. The van der Waals surface area contributed by atoms with Gasteiger partial charge < -0.3 is 15.7 Å². The number of anilines is 2. The standard InChI is InChI=1S/C9H14FN5O/c1-9(16)2-3-15(5-6(9)10)8-13-7(11)4-12-14-8/h4,6,16H,2-3,5H2,1H3,(H2,11,13,14)/t6-,9+/m0/s1. The molecule has 2 heterocycles. The Labute approximate surface area is 92.3 Å². The fraction of sp³-hybridized carbons (Fsp3) is 0.667. The Hall–Kier alpha value is -1.50. The summed E-state index contributed by atoms with van der Waals surface area (Å²) in [5.41, 5.74) is 4.20. The van der Waals surface area contributed by atoms with Crippen molar-refractivity contribution in [1.82, 2.24) is 15.2 Å². The van der Waals surface area contributed by atoms with Gasteiger partial charge in [-0.05, 0) is 13.3 Å². The van der Waals surface area contributed by atoms with Crippen molar-refractivity contribution in [1.29, 1.82) is 0 Å². The number of aromatic nitrogens is 3. The molecule has 1 aromatic heterocycles. The van der Waals surface area contributed by atoms with Gasteiger partial charge in [-0.15, -0.1) is 5.10 Å². The number of nitrogen functional groups attached to an aromatic ring is 1. The van der Waals surface area contributed by atoms with E-state index in [1.54, 1.807) is 4.90 Å². The molecule has 6 nitrogen and oxygen atoms in total. The molecule has 0 aromatic carbocycles. The molecule has 7 heteroatoms. The zero-order valence-corrected chi connectivity index (χ0v) is 8.97. The fourth-order valence-electron chi connectivity index (χ4n) is 1.62. The van der Waals surface area contributed by atoms with Crippen LogP contribution in [0.15, 0.2) is 6.20 Å². The summed E-state index contributed by atoms with van der Waals surface area (Å²) in [5, 5.41) is 17.1. The first-order valence-corrected chi connectivity index (χ1v) is 5.05. The fourth-order valence-corrected chi connectivity index (χ4v) is 1.62. The molecule has 3 N–H and O–H groups in total. The maximum absolute atomic E-state index is 13.6. The SMILES string of the molecule is C[C@@]1(O)CCN(c2nncc(N)n2)C[C@@H]1F. The molecule has 1 aliphatic rings. The number of aliphatic hydroxyl groups is 1. The second-order valence-electron chi connectivity index (χ2n) is 4.20. The maximum atomic E-state index is 13.6. The van der Waals surface area contributed by atoms with Crippen LogP contribution < -0.4 is 10.6 Å². The van der Waals surface area contributed by atoms with E-state index < -0.39 is 11.8 Å². The van der Waals surface area contributed by atoms with Crippen LogP contribution in [-0.2, 0) is 0 Å². The number of nitrogens with zero attached hydrogens (tertiary/aromatic N) is 4. The highest BCUT2D eigenvalue weighted by atomic mass is 19.1. The van der Waals surface area contributed by atoms with Crippen molar-refractivity contribution in [3.8, 4) is 0 Å². The highest BCUT2D eigenvalue weighted by Gasteiger charge is 2.38. The lowest BCUT2D eigenvalue weighted by Gasteiger charge is -2.38. The summed E-state index contributed by atoms with van der Waals surface area (Å²) in [6.07, 6.45) is 0.328. The lowest BCUT2D eigenvalue weighted by molar-refractivity contribution is -0.0332. The third kappa shape index (κ3) is 2.04. The van der Waals surface area contributed by atoms with Crippen LogP contribution in [0.4, 0.5) is 16.2 Å². The lowest BCUT2D eigenvalue weighted by Crippen LogP contribution is -2.52. The average molecular weight is 227 g/mol. The zero-order valence-electron chi connectivity index (χ0n) is 8.97. The molecular formula is C9H14FN5O. The van der Waals surface area contributed by atoms with Gasteiger partial charge in [-0.25, -0.2) is 4.39 Å². The number of piperidine rings is 1. The smallest absolute Gasteiger partial charge is 0.247 e. The lowest BCUT2D eigenvalue weighted by atomic mass is 9.92. The van der Waals surface area contributed by atoms with Crippen LogP contribution in [0, 0.1) is 0 Å². The number of halogens is 1. The highest BCUT2D eigenvalue weighted by molar-refractivity contribution is 5.36. The van der Waals surface area contributed by atoms with Crippen molar-refractivity contribution in [3.63, 3.8) is 0 Å². The molecule has 1 aromatic rings. The number of rotatable bonds is 1. The molecule has 1 saturated heterocycles. The zero-order chi connectivity index (χ0) is 11.8. The molecule has 0 amide bonds. The first-order chi connectivity index (χ1) is 7.49. The van der Waals surface area contributed by atoms with E-state index in [0.717, 1.165) is 0 Å². The largest absolute Gasteiger partial charge is 0.387 e. The molecule has 0 spiro atoms. The van der Waals surface area contributed by atoms with E-state index in [4.69, 9.17) is 5.73 Å². The summed E-state index contributed by atoms with van der Waals surface area (Å²) in [7, 11) is 0. The molecular weight excluding hydrogens is 213 g/mol. The molecule has 0 aliphatic carbocycles. The monoisotopic (exact) mass is 227 g/mol. The molecule has 88 valence electrons. The van der Waals surface area contributed by atoms with Crippen molar-refractivity contribution in [2.75, 3.05) is 23.7 Å². The minimum atomic E-state index is -1.33. The van der Waals surface area contributed by atoms with Crippen LogP contribution in [-0.4, -0.2) is 45.2 Å². The summed E-state index contributed by atoms with van der Waals surface area (Å²) in [4.78, 5) is 5.59. The third-order valence-electron chi connectivity index (χ3n) is 2.79. The van der Waals surface area contributed by atoms with Crippen molar-refractivity contribution >= 4 is 11.8 Å². The minimum absolute atomic E-state index is 0.0537. The van der Waals surface area contributed by atoms with Crippen LogP contribution in [0.3, 0.4) is 0 Å². The Morgan fingerprint density at radius 1 is 1.69 bits per heavy atom. The van der Waals surface area contributed by atoms with E-state index in [1.807, 2.05) is 0 Å². The van der Waals surface area contributed by atoms with Crippen molar-refractivity contribution < 1.29 is 9.50 Å². The van der Waals surface area contributed by atoms with Crippen LogP contribution in [0.1, 0.15) is 13.3 Å². The molecule has 0 radical (unpaired) electrons. The summed E-state index contributed by atoms with van der Waals surface area (Å²) < 4.78 is 13.6. The van der Waals surface area contributed by atoms with Crippen LogP contribution in [0.5, 0.6) is 0 Å². The first-order valence-electron chi connectivity index (χ1n) is 5.05. The Morgan fingerprint density at radius 3 is 3.06 bits per heavy atom. The summed E-state index contributed by atoms with van der Waals surface area (Å²) >= 11 is 0. The Morgan fingerprint density at radius 2 is 2.44 bits per heavy atom. The van der Waals surface area contributed by atoms with Gasteiger partial charge in [-0.1, -0.05) is 0 Å². The van der Waals surface area contributed by atoms with E-state index >= 15 is 0 Å². The van der Waals surface area contributed by atoms with Gasteiger partial charge in [0.25, 0.3) is 0 Å². The highest BCUT2D eigenvalue weighted by Crippen LogP contribution is 2.26. The van der Waals surface area contributed by atoms with Gasteiger partial charge >= 0.3 is 0 Å². The minimum Gasteiger partial charge on any atom is -0.387 e. The second-order valence-corrected chi connectivity index (χ2v) is 4.20. The molecule has 1 aliphatic heterocycles. The number of nitrogens with two attached hydrogens (primary N) is 1. The molecule has 0 unspecified atom stereocenters. The van der Waals surface area contributed by atoms with Gasteiger partial charge in [0, 0.05) is 6.54 Å². The van der Waals surface area contributed by atoms with E-state index in [2.05, 4.69) is 15.2 Å². The molecule has 0 saturated carbocycles. The van der Waals surface area contributed by atoms with E-state index in [1.165, 1.54) is 13.1 Å². The summed E-state index contributed by atoms with van der Waals surface area (Å²) in [5.74, 6) is 0.552. The number of hydrogen-bond donors (Lipinski definition) is 2. The quantitative estimate of drug-likeness (QED) is 0.688. The Bertz CT molecular complexity index is 386. The Kier molecular flexibility index (Phi) is 2.63. The van der Waals surface area contributed by atoms with Crippen LogP contribution in [0.2, 0.25) is 0 Å². The van der Waals surface area contributed by atoms with Gasteiger partial charge in [0.1, 0.15) is 12.0 Å². The van der Waals surface area contributed by atoms with Crippen LogP contribution >= 0.6 is 0 Å². The van der Waals surface area contributed by atoms with Gasteiger partial charge in [0.05, 0.1) is 18.3 Å². The maximum Gasteiger partial charge on any atom is 0.247 e.